The SMILES string of the molecule is Nc1nncc2cn3ccc4ccccc4c3c12. The summed E-state index contributed by atoms with van der Waals surface area (Å²) in [5.41, 5.74) is 7.06. The van der Waals surface area contributed by atoms with Crippen molar-refractivity contribution in [2.45, 2.75) is 0 Å². The predicted molar refractivity (Wildman–Crippen MR) is 72.4 cm³/mol. The monoisotopic (exact) mass is 234 g/mol. The van der Waals surface area contributed by atoms with E-state index in [1.165, 1.54) is 10.8 Å². The quantitative estimate of drug-likeness (QED) is 0.509. The summed E-state index contributed by atoms with van der Waals surface area (Å²) in [5, 5.41) is 12.2. The van der Waals surface area contributed by atoms with Gasteiger partial charge in [-0.3, -0.25) is 0 Å². The molecule has 0 saturated carbocycles. The highest BCUT2D eigenvalue weighted by molar-refractivity contribution is 6.14. The number of nitrogens with two attached hydrogens (primary N) is 1. The first-order valence-corrected chi connectivity index (χ1v) is 5.74. The molecule has 0 aliphatic heterocycles. The number of benzene rings is 1. The molecule has 86 valence electrons. The summed E-state index contributed by atoms with van der Waals surface area (Å²) in [6, 6.07) is 10.4. The van der Waals surface area contributed by atoms with E-state index in [0.29, 0.717) is 5.82 Å². The first-order valence-electron chi connectivity index (χ1n) is 5.74. The van der Waals surface area contributed by atoms with E-state index in [0.717, 1.165) is 16.3 Å². The molecule has 3 heterocycles. The molecule has 1 aromatic carbocycles. The van der Waals surface area contributed by atoms with Gasteiger partial charge >= 0.3 is 0 Å². The highest BCUT2D eigenvalue weighted by Crippen LogP contribution is 2.30. The van der Waals surface area contributed by atoms with Crippen molar-refractivity contribution >= 4 is 32.9 Å². The van der Waals surface area contributed by atoms with Gasteiger partial charge in [0.2, 0.25) is 0 Å². The van der Waals surface area contributed by atoms with Gasteiger partial charge in [0.15, 0.2) is 5.82 Å². The van der Waals surface area contributed by atoms with E-state index in [-0.39, 0.29) is 0 Å². The van der Waals surface area contributed by atoms with Crippen LogP contribution >= 0.6 is 0 Å². The topological polar surface area (TPSA) is 56.2 Å². The number of rotatable bonds is 0. The van der Waals surface area contributed by atoms with Crippen molar-refractivity contribution in [1.29, 1.82) is 0 Å². The summed E-state index contributed by atoms with van der Waals surface area (Å²) >= 11 is 0. The number of nitrogen functional groups attached to an aromatic ring is 1. The molecule has 2 N–H and O–H groups in total. The summed E-state index contributed by atoms with van der Waals surface area (Å²) in [6.07, 6.45) is 5.81. The highest BCUT2D eigenvalue weighted by atomic mass is 15.1. The number of anilines is 1. The van der Waals surface area contributed by atoms with E-state index in [2.05, 4.69) is 32.8 Å². The molecule has 0 unspecified atom stereocenters. The van der Waals surface area contributed by atoms with Crippen LogP contribution < -0.4 is 5.73 Å². The normalized spacial score (nSPS) is 11.6. The van der Waals surface area contributed by atoms with Crippen LogP contribution in [0.5, 0.6) is 0 Å². The van der Waals surface area contributed by atoms with Gasteiger partial charge in [-0.25, -0.2) is 0 Å². The Kier molecular flexibility index (Phi) is 1.67. The Hall–Kier alpha value is -2.62. The number of pyridine rings is 1. The van der Waals surface area contributed by atoms with E-state index >= 15 is 0 Å². The van der Waals surface area contributed by atoms with Gasteiger partial charge in [-0.15, -0.1) is 5.10 Å². The van der Waals surface area contributed by atoms with E-state index in [1.807, 2.05) is 24.5 Å². The number of hydrogen-bond acceptors (Lipinski definition) is 3. The summed E-state index contributed by atoms with van der Waals surface area (Å²) in [6.45, 7) is 0. The smallest absolute Gasteiger partial charge is 0.156 e. The Bertz CT molecular complexity index is 892. The molecule has 0 aliphatic rings. The summed E-state index contributed by atoms with van der Waals surface area (Å²) in [4.78, 5) is 0. The average Bonchev–Trinajstić information content (AvgIpc) is 2.79. The van der Waals surface area contributed by atoms with Crippen LogP contribution in [0.15, 0.2) is 48.9 Å². The minimum atomic E-state index is 0.478. The van der Waals surface area contributed by atoms with Gasteiger partial charge in [-0.2, -0.15) is 5.10 Å². The molecule has 0 bridgehead atoms. The minimum absolute atomic E-state index is 0.478. The van der Waals surface area contributed by atoms with E-state index in [1.54, 1.807) is 6.20 Å². The molecule has 0 amide bonds. The molecular formula is C14H10N4. The fourth-order valence-electron chi connectivity index (χ4n) is 2.53. The second kappa shape index (κ2) is 3.20. The lowest BCUT2D eigenvalue weighted by molar-refractivity contribution is 1.06. The first kappa shape index (κ1) is 9.41. The van der Waals surface area contributed by atoms with Crippen molar-refractivity contribution < 1.29 is 0 Å². The number of aromatic nitrogens is 3. The molecule has 4 aromatic rings. The Labute approximate surface area is 103 Å². The van der Waals surface area contributed by atoms with Crippen LogP contribution in [0.1, 0.15) is 0 Å². The molecule has 4 nitrogen and oxygen atoms in total. The van der Waals surface area contributed by atoms with E-state index < -0.39 is 0 Å². The first-order chi connectivity index (χ1) is 8.84. The Morgan fingerprint density at radius 2 is 1.94 bits per heavy atom. The zero-order valence-electron chi connectivity index (χ0n) is 9.54. The third-order valence-electron chi connectivity index (χ3n) is 3.31. The molecule has 0 saturated heterocycles. The summed E-state index contributed by atoms with van der Waals surface area (Å²) < 4.78 is 2.08. The molecule has 18 heavy (non-hydrogen) atoms. The lowest BCUT2D eigenvalue weighted by atomic mass is 10.1. The number of hydrogen-bond donors (Lipinski definition) is 1. The van der Waals surface area contributed by atoms with Crippen LogP contribution in [0.25, 0.3) is 27.1 Å². The second-order valence-corrected chi connectivity index (χ2v) is 4.35. The van der Waals surface area contributed by atoms with Crippen LogP contribution in [0.4, 0.5) is 5.82 Å². The molecule has 0 atom stereocenters. The van der Waals surface area contributed by atoms with Crippen molar-refractivity contribution in [1.82, 2.24) is 14.6 Å². The van der Waals surface area contributed by atoms with Crippen LogP contribution in [0.2, 0.25) is 0 Å². The molecule has 0 radical (unpaired) electrons. The third-order valence-corrected chi connectivity index (χ3v) is 3.31. The maximum absolute atomic E-state index is 5.97. The number of fused-ring (bicyclic) bond motifs is 5. The van der Waals surface area contributed by atoms with Gasteiger partial charge in [0, 0.05) is 23.2 Å². The third kappa shape index (κ3) is 1.09. The van der Waals surface area contributed by atoms with Crippen LogP contribution in [0, 0.1) is 0 Å². The fourth-order valence-corrected chi connectivity index (χ4v) is 2.53. The Balaban J connectivity index is 2.40. The Morgan fingerprint density at radius 1 is 1.06 bits per heavy atom. The Morgan fingerprint density at radius 3 is 2.89 bits per heavy atom. The van der Waals surface area contributed by atoms with Gasteiger partial charge in [-0.05, 0) is 11.5 Å². The largest absolute Gasteiger partial charge is 0.382 e. The maximum atomic E-state index is 5.97. The predicted octanol–water partition coefficient (Wildman–Crippen LogP) is 2.62. The lowest BCUT2D eigenvalue weighted by Crippen LogP contribution is -1.92. The molecule has 4 heteroatoms. The van der Waals surface area contributed by atoms with Gasteiger partial charge in [0.1, 0.15) is 0 Å². The van der Waals surface area contributed by atoms with Gasteiger partial charge < -0.3 is 10.1 Å². The molecular weight excluding hydrogens is 224 g/mol. The lowest BCUT2D eigenvalue weighted by Gasteiger charge is -2.02. The van der Waals surface area contributed by atoms with Gasteiger partial charge in [0.25, 0.3) is 0 Å². The van der Waals surface area contributed by atoms with Crippen molar-refractivity contribution in [3.05, 3.63) is 48.9 Å². The van der Waals surface area contributed by atoms with Crippen molar-refractivity contribution in [2.24, 2.45) is 0 Å². The van der Waals surface area contributed by atoms with Crippen LogP contribution in [-0.4, -0.2) is 14.6 Å². The zero-order chi connectivity index (χ0) is 12.1. The van der Waals surface area contributed by atoms with E-state index in [4.69, 9.17) is 5.73 Å². The van der Waals surface area contributed by atoms with Gasteiger partial charge in [0.05, 0.1) is 17.1 Å². The molecule has 4 rings (SSSR count). The highest BCUT2D eigenvalue weighted by Gasteiger charge is 2.10. The van der Waals surface area contributed by atoms with Crippen molar-refractivity contribution in [3.8, 4) is 0 Å². The van der Waals surface area contributed by atoms with Crippen LogP contribution in [-0.2, 0) is 0 Å². The zero-order valence-corrected chi connectivity index (χ0v) is 9.54. The van der Waals surface area contributed by atoms with E-state index in [9.17, 15) is 0 Å². The van der Waals surface area contributed by atoms with Crippen molar-refractivity contribution in [2.75, 3.05) is 5.73 Å². The molecule has 0 aliphatic carbocycles. The minimum Gasteiger partial charge on any atom is -0.382 e. The molecule has 3 aromatic heterocycles. The maximum Gasteiger partial charge on any atom is 0.156 e. The fraction of sp³-hybridized carbons (Fsp3) is 0. The second-order valence-electron chi connectivity index (χ2n) is 4.35. The van der Waals surface area contributed by atoms with Crippen LogP contribution in [0.3, 0.4) is 0 Å². The van der Waals surface area contributed by atoms with Crippen molar-refractivity contribution in [3.63, 3.8) is 0 Å². The molecule has 0 spiro atoms. The standard InChI is InChI=1S/C14H10N4/c15-14-12-10(7-16-17-14)8-18-6-5-9-3-1-2-4-11(9)13(12)18/h1-8H,(H2,15,17). The average molecular weight is 234 g/mol. The number of nitrogens with zero attached hydrogens (tertiary/aromatic N) is 3. The summed E-state index contributed by atoms with van der Waals surface area (Å²) in [7, 11) is 0. The molecule has 0 fully saturated rings. The summed E-state index contributed by atoms with van der Waals surface area (Å²) in [5.74, 6) is 0.478. The van der Waals surface area contributed by atoms with Gasteiger partial charge in [-0.1, -0.05) is 24.3 Å².